The van der Waals surface area contributed by atoms with Crippen molar-refractivity contribution in [2.24, 2.45) is 0 Å². The molecule has 0 aliphatic carbocycles. The summed E-state index contributed by atoms with van der Waals surface area (Å²) in [7, 11) is 0. The highest BCUT2D eigenvalue weighted by atomic mass is 19.1. The van der Waals surface area contributed by atoms with Gasteiger partial charge in [0.05, 0.1) is 0 Å². The van der Waals surface area contributed by atoms with Gasteiger partial charge in [0.15, 0.2) is 0 Å². The van der Waals surface area contributed by atoms with Crippen LogP contribution in [0.4, 0.5) is 4.39 Å². The Morgan fingerprint density at radius 2 is 0.871 bits per heavy atom. The van der Waals surface area contributed by atoms with Gasteiger partial charge in [0, 0.05) is 0 Å². The van der Waals surface area contributed by atoms with E-state index < -0.39 is 0 Å². The van der Waals surface area contributed by atoms with E-state index in [9.17, 15) is 4.39 Å². The fourth-order valence-corrected chi connectivity index (χ4v) is 4.79. The van der Waals surface area contributed by atoms with Crippen LogP contribution in [0.1, 0.15) is 0 Å². The molecule has 6 aromatic rings. The maximum Gasteiger partial charge on any atom is 0.123 e. The van der Waals surface area contributed by atoms with Gasteiger partial charge in [-0.3, -0.25) is 0 Å². The Hall–Kier alpha value is -3.97. The highest BCUT2D eigenvalue weighted by Crippen LogP contribution is 2.44. The van der Waals surface area contributed by atoms with E-state index >= 15 is 0 Å². The lowest BCUT2D eigenvalue weighted by Crippen LogP contribution is -1.91. The molecule has 0 aliphatic heterocycles. The van der Waals surface area contributed by atoms with Gasteiger partial charge in [-0.1, -0.05) is 103 Å². The molecule has 0 unspecified atom stereocenters. The predicted octanol–water partition coefficient (Wildman–Crippen LogP) is 8.62. The fraction of sp³-hybridized carbons (Fsp3) is 0. The van der Waals surface area contributed by atoms with E-state index in [0.717, 1.165) is 11.1 Å². The van der Waals surface area contributed by atoms with Crippen molar-refractivity contribution in [3.05, 3.63) is 121 Å². The molecule has 0 saturated carbocycles. The molecule has 6 rings (SSSR count). The molecule has 0 aliphatic rings. The maximum atomic E-state index is 13.7. The van der Waals surface area contributed by atoms with Crippen molar-refractivity contribution in [3.8, 4) is 22.3 Å². The van der Waals surface area contributed by atoms with Crippen molar-refractivity contribution in [2.45, 2.75) is 0 Å². The normalized spacial score (nSPS) is 11.4. The molecule has 0 amide bonds. The summed E-state index contributed by atoms with van der Waals surface area (Å²) < 4.78 is 13.7. The number of halogens is 1. The predicted molar refractivity (Wildman–Crippen MR) is 130 cm³/mol. The first kappa shape index (κ1) is 17.9. The van der Waals surface area contributed by atoms with Crippen LogP contribution in [0.25, 0.3) is 54.6 Å². The van der Waals surface area contributed by atoms with Crippen LogP contribution in [0.5, 0.6) is 0 Å². The molecular formula is C30H19F. The maximum absolute atomic E-state index is 13.7. The first-order chi connectivity index (χ1) is 15.3. The molecule has 0 fully saturated rings. The number of benzene rings is 6. The molecular weight excluding hydrogens is 379 g/mol. The molecule has 1 heteroatoms. The molecule has 0 atom stereocenters. The minimum Gasteiger partial charge on any atom is -0.207 e. The lowest BCUT2D eigenvalue weighted by Gasteiger charge is -2.18. The van der Waals surface area contributed by atoms with E-state index in [1.807, 2.05) is 12.1 Å². The SMILES string of the molecule is Fc1ccc(-c2c3ccccc3c(-c3cccc4ccccc34)c3ccccc23)cc1. The lowest BCUT2D eigenvalue weighted by molar-refractivity contribution is 0.628. The van der Waals surface area contributed by atoms with Crippen LogP contribution in [-0.2, 0) is 0 Å². The van der Waals surface area contributed by atoms with Crippen LogP contribution < -0.4 is 0 Å². The molecule has 6 aromatic carbocycles. The van der Waals surface area contributed by atoms with Gasteiger partial charge in [-0.15, -0.1) is 0 Å². The zero-order chi connectivity index (χ0) is 20.8. The molecule has 146 valence electrons. The summed E-state index contributed by atoms with van der Waals surface area (Å²) in [5, 5.41) is 7.24. The Morgan fingerprint density at radius 3 is 1.48 bits per heavy atom. The third-order valence-electron chi connectivity index (χ3n) is 6.12. The molecule has 0 saturated heterocycles. The Bertz CT molecular complexity index is 1510. The van der Waals surface area contributed by atoms with E-state index in [4.69, 9.17) is 0 Å². The van der Waals surface area contributed by atoms with Gasteiger partial charge in [0.1, 0.15) is 5.82 Å². The molecule has 0 N–H and O–H groups in total. The number of rotatable bonds is 2. The molecule has 0 nitrogen and oxygen atoms in total. The Morgan fingerprint density at radius 1 is 0.387 bits per heavy atom. The van der Waals surface area contributed by atoms with Crippen LogP contribution in [-0.4, -0.2) is 0 Å². The summed E-state index contributed by atoms with van der Waals surface area (Å²) in [6, 6.07) is 39.0. The first-order valence-electron chi connectivity index (χ1n) is 10.5. The van der Waals surface area contributed by atoms with Gasteiger partial charge in [-0.2, -0.15) is 0 Å². The van der Waals surface area contributed by atoms with Crippen LogP contribution in [0, 0.1) is 5.82 Å². The largest absolute Gasteiger partial charge is 0.207 e. The third kappa shape index (κ3) is 2.82. The zero-order valence-corrected chi connectivity index (χ0v) is 16.8. The smallest absolute Gasteiger partial charge is 0.123 e. The average Bonchev–Trinajstić information content (AvgIpc) is 2.83. The van der Waals surface area contributed by atoms with Crippen LogP contribution in [0.3, 0.4) is 0 Å². The van der Waals surface area contributed by atoms with Crippen LogP contribution in [0.2, 0.25) is 0 Å². The van der Waals surface area contributed by atoms with Crippen molar-refractivity contribution >= 4 is 32.3 Å². The van der Waals surface area contributed by atoms with E-state index in [2.05, 4.69) is 91.0 Å². The Labute approximate surface area is 180 Å². The van der Waals surface area contributed by atoms with Gasteiger partial charge in [0.25, 0.3) is 0 Å². The van der Waals surface area contributed by atoms with Crippen LogP contribution >= 0.6 is 0 Å². The molecule has 0 bridgehead atoms. The lowest BCUT2D eigenvalue weighted by atomic mass is 9.85. The number of hydrogen-bond acceptors (Lipinski definition) is 0. The minimum absolute atomic E-state index is 0.218. The van der Waals surface area contributed by atoms with Crippen molar-refractivity contribution in [3.63, 3.8) is 0 Å². The topological polar surface area (TPSA) is 0 Å². The van der Waals surface area contributed by atoms with E-state index in [1.54, 1.807) is 0 Å². The van der Waals surface area contributed by atoms with Crippen molar-refractivity contribution in [2.75, 3.05) is 0 Å². The van der Waals surface area contributed by atoms with Crippen molar-refractivity contribution in [1.82, 2.24) is 0 Å². The van der Waals surface area contributed by atoms with Crippen molar-refractivity contribution < 1.29 is 4.39 Å². The summed E-state index contributed by atoms with van der Waals surface area (Å²) in [5.74, 6) is -0.218. The van der Waals surface area contributed by atoms with Crippen molar-refractivity contribution in [1.29, 1.82) is 0 Å². The van der Waals surface area contributed by atoms with Gasteiger partial charge in [-0.25, -0.2) is 4.39 Å². The zero-order valence-electron chi connectivity index (χ0n) is 16.8. The highest BCUT2D eigenvalue weighted by molar-refractivity contribution is 6.23. The van der Waals surface area contributed by atoms with Crippen LogP contribution in [0.15, 0.2) is 115 Å². The van der Waals surface area contributed by atoms with E-state index in [-0.39, 0.29) is 5.82 Å². The summed E-state index contributed by atoms with van der Waals surface area (Å²) >= 11 is 0. The molecule has 0 radical (unpaired) electrons. The number of hydrogen-bond donors (Lipinski definition) is 0. The second kappa shape index (κ2) is 7.07. The average molecular weight is 398 g/mol. The third-order valence-corrected chi connectivity index (χ3v) is 6.12. The Balaban J connectivity index is 1.82. The first-order valence-corrected chi connectivity index (χ1v) is 10.5. The van der Waals surface area contributed by atoms with Gasteiger partial charge in [0.2, 0.25) is 0 Å². The monoisotopic (exact) mass is 398 g/mol. The Kier molecular flexibility index (Phi) is 4.07. The summed E-state index contributed by atoms with van der Waals surface area (Å²) in [5.41, 5.74) is 4.65. The second-order valence-electron chi connectivity index (χ2n) is 7.87. The molecule has 0 aromatic heterocycles. The van der Waals surface area contributed by atoms with Gasteiger partial charge in [-0.05, 0) is 66.7 Å². The summed E-state index contributed by atoms with van der Waals surface area (Å²) in [6.45, 7) is 0. The van der Waals surface area contributed by atoms with Gasteiger partial charge >= 0.3 is 0 Å². The van der Waals surface area contributed by atoms with E-state index in [0.29, 0.717) is 0 Å². The number of fused-ring (bicyclic) bond motifs is 3. The fourth-order valence-electron chi connectivity index (χ4n) is 4.79. The quantitative estimate of drug-likeness (QED) is 0.256. The highest BCUT2D eigenvalue weighted by Gasteiger charge is 2.17. The van der Waals surface area contributed by atoms with E-state index in [1.165, 1.54) is 55.6 Å². The van der Waals surface area contributed by atoms with Gasteiger partial charge < -0.3 is 0 Å². The molecule has 31 heavy (non-hydrogen) atoms. The molecule has 0 heterocycles. The molecule has 0 spiro atoms. The summed E-state index contributed by atoms with van der Waals surface area (Å²) in [4.78, 5) is 0. The minimum atomic E-state index is -0.218. The second-order valence-corrected chi connectivity index (χ2v) is 7.87. The standard InChI is InChI=1S/C30H19F/c31-22-18-16-21(17-19-22)29-25-11-3-5-13-27(25)30(28-14-6-4-12-26(28)29)24-15-7-9-20-8-1-2-10-23(20)24/h1-19H. The summed E-state index contributed by atoms with van der Waals surface area (Å²) in [6.07, 6.45) is 0.